The molecule has 12 heteroatoms. The number of carboxylic acids is 1. The maximum absolute atomic E-state index is 13.0. The Balaban J connectivity index is 1.64. The van der Waals surface area contributed by atoms with Crippen LogP contribution in [0.15, 0.2) is 30.3 Å². The van der Waals surface area contributed by atoms with E-state index >= 15 is 0 Å². The number of ketones is 1. The number of Topliss-reactive ketones (excluding diaryl/α,β-unsaturated/α-hetero) is 1. The number of carbonyl (C=O) groups is 2. The van der Waals surface area contributed by atoms with E-state index in [2.05, 4.69) is 0 Å². The number of aliphatic hydroxyl groups excluding tert-OH is 3. The third kappa shape index (κ3) is 4.19. The van der Waals surface area contributed by atoms with Gasteiger partial charge in [0.2, 0.25) is 6.29 Å². The number of fused-ring (bicyclic) bond motifs is 1. The van der Waals surface area contributed by atoms with Gasteiger partial charge in [-0.15, -0.1) is 0 Å². The molecule has 182 valence electrons. The minimum Gasteiger partial charge on any atom is -0.508 e. The Hall–Kier alpha value is -3.58. The highest BCUT2D eigenvalue weighted by Gasteiger charge is 2.48. The molecule has 1 fully saturated rings. The van der Waals surface area contributed by atoms with Crippen LogP contribution in [0.2, 0.25) is 0 Å². The molecule has 2 aromatic carbocycles. The smallest absolute Gasteiger partial charge is 0.335 e. The molecule has 0 radical (unpaired) electrons. The van der Waals surface area contributed by atoms with Crippen LogP contribution in [0.5, 0.6) is 28.7 Å². The number of hydrogen-bond acceptors (Lipinski definition) is 11. The van der Waals surface area contributed by atoms with E-state index in [4.69, 9.17) is 18.9 Å². The van der Waals surface area contributed by atoms with E-state index in [1.165, 1.54) is 25.3 Å². The van der Waals surface area contributed by atoms with Gasteiger partial charge in [-0.1, -0.05) is 6.07 Å². The summed E-state index contributed by atoms with van der Waals surface area (Å²) in [5, 5.41) is 59.4. The number of ether oxygens (including phenoxy) is 4. The van der Waals surface area contributed by atoms with Crippen LogP contribution in [0, 0.1) is 0 Å². The van der Waals surface area contributed by atoms with Gasteiger partial charge in [0, 0.05) is 12.1 Å². The van der Waals surface area contributed by atoms with Crippen molar-refractivity contribution < 1.29 is 59.2 Å². The van der Waals surface area contributed by atoms with Crippen LogP contribution in [0.3, 0.4) is 0 Å². The third-order valence-electron chi connectivity index (χ3n) is 5.60. The van der Waals surface area contributed by atoms with E-state index in [0.29, 0.717) is 5.56 Å². The van der Waals surface area contributed by atoms with Gasteiger partial charge < -0.3 is 49.6 Å². The van der Waals surface area contributed by atoms with E-state index in [-0.39, 0.29) is 40.7 Å². The predicted octanol–water partition coefficient (Wildman–Crippen LogP) is 0.0839. The zero-order valence-corrected chi connectivity index (χ0v) is 17.7. The van der Waals surface area contributed by atoms with Gasteiger partial charge in [0.1, 0.15) is 47.2 Å². The number of aliphatic carboxylic acids is 1. The van der Waals surface area contributed by atoms with Crippen LogP contribution in [0.1, 0.15) is 28.4 Å². The lowest BCUT2D eigenvalue weighted by Crippen LogP contribution is -2.61. The SMILES string of the molecule is COc1ccc([C@@H]2CC(=O)c3c(O[C@H]4O[C@@H](C(=O)O)[C@H](O)[C@@H](O)[C@@H]4O)cc(O)cc3O2)cc1O. The van der Waals surface area contributed by atoms with Gasteiger partial charge in [-0.25, -0.2) is 4.79 Å². The van der Waals surface area contributed by atoms with Gasteiger partial charge >= 0.3 is 5.97 Å². The number of hydrogen-bond donors (Lipinski definition) is 6. The van der Waals surface area contributed by atoms with Crippen LogP contribution < -0.4 is 14.2 Å². The van der Waals surface area contributed by atoms with Gasteiger partial charge in [-0.05, 0) is 17.7 Å². The number of phenolic OH excluding ortho intramolecular Hbond substituents is 2. The van der Waals surface area contributed by atoms with E-state index in [0.717, 1.165) is 6.07 Å². The van der Waals surface area contributed by atoms with E-state index < -0.39 is 48.6 Å². The van der Waals surface area contributed by atoms with Crippen molar-refractivity contribution in [2.75, 3.05) is 7.11 Å². The van der Waals surface area contributed by atoms with Crippen molar-refractivity contribution in [1.29, 1.82) is 0 Å². The third-order valence-corrected chi connectivity index (χ3v) is 5.60. The molecular weight excluding hydrogens is 456 g/mol. The fraction of sp³-hybridized carbons (Fsp3) is 0.364. The first-order valence-corrected chi connectivity index (χ1v) is 10.1. The lowest BCUT2D eigenvalue weighted by atomic mass is 9.95. The number of rotatable bonds is 5. The highest BCUT2D eigenvalue weighted by molar-refractivity contribution is 6.02. The summed E-state index contributed by atoms with van der Waals surface area (Å²) in [6.45, 7) is 0. The topological polar surface area (TPSA) is 192 Å². The number of methoxy groups -OCH3 is 1. The Morgan fingerprint density at radius 2 is 1.76 bits per heavy atom. The number of aromatic hydroxyl groups is 2. The lowest BCUT2D eigenvalue weighted by Gasteiger charge is -2.38. The molecule has 0 amide bonds. The first-order chi connectivity index (χ1) is 16.1. The number of carboxylic acid groups (broad SMARTS) is 1. The molecule has 0 aliphatic carbocycles. The average molecular weight is 478 g/mol. The van der Waals surface area contributed by atoms with Crippen LogP contribution >= 0.6 is 0 Å². The fourth-order valence-electron chi connectivity index (χ4n) is 3.87. The van der Waals surface area contributed by atoms with Crippen LogP contribution in [0.25, 0.3) is 0 Å². The minimum absolute atomic E-state index is 0.0628. The van der Waals surface area contributed by atoms with Crippen molar-refractivity contribution >= 4 is 11.8 Å². The van der Waals surface area contributed by atoms with Crippen molar-refractivity contribution in [3.8, 4) is 28.7 Å². The standard InChI is InChI=1S/C22H22O12/c1-31-12-3-2-8(4-10(12)24)13-7-11(25)16-14(32-13)5-9(23)6-15(16)33-22-19(28)17(26)18(27)20(34-22)21(29)30/h2-6,13,17-20,22-24,26-28H,7H2,1H3,(H,29,30)/t13-,17+,18+,19-,20+,22-/m0/s1. The average Bonchev–Trinajstić information content (AvgIpc) is 2.78. The Kier molecular flexibility index (Phi) is 6.23. The molecular formula is C22H22O12. The van der Waals surface area contributed by atoms with Crippen molar-refractivity contribution in [2.24, 2.45) is 0 Å². The van der Waals surface area contributed by atoms with Gasteiger partial charge in [0.05, 0.1) is 13.5 Å². The molecule has 0 aromatic heterocycles. The zero-order chi connectivity index (χ0) is 24.7. The molecule has 2 aromatic rings. The highest BCUT2D eigenvalue weighted by Crippen LogP contribution is 2.44. The second kappa shape index (κ2) is 8.99. The monoisotopic (exact) mass is 478 g/mol. The first kappa shape index (κ1) is 23.6. The molecule has 0 bridgehead atoms. The molecule has 0 unspecified atom stereocenters. The fourth-order valence-corrected chi connectivity index (χ4v) is 3.87. The van der Waals surface area contributed by atoms with Crippen LogP contribution in [0.4, 0.5) is 0 Å². The van der Waals surface area contributed by atoms with Gasteiger partial charge in [0.25, 0.3) is 0 Å². The quantitative estimate of drug-likeness (QED) is 0.340. The number of carbonyl (C=O) groups excluding carboxylic acids is 1. The summed E-state index contributed by atoms with van der Waals surface area (Å²) in [4.78, 5) is 24.3. The normalized spacial score (nSPS) is 28.5. The maximum Gasteiger partial charge on any atom is 0.335 e. The molecule has 1 saturated heterocycles. The summed E-state index contributed by atoms with van der Waals surface area (Å²) in [5.74, 6) is -2.72. The maximum atomic E-state index is 13.0. The second-order valence-corrected chi connectivity index (χ2v) is 7.84. The molecule has 34 heavy (non-hydrogen) atoms. The lowest BCUT2D eigenvalue weighted by molar-refractivity contribution is -0.271. The molecule has 4 rings (SSSR count). The van der Waals surface area contributed by atoms with Crippen LogP contribution in [-0.2, 0) is 9.53 Å². The second-order valence-electron chi connectivity index (χ2n) is 7.84. The summed E-state index contributed by atoms with van der Waals surface area (Å²) in [5.41, 5.74) is 0.366. The zero-order valence-electron chi connectivity index (χ0n) is 17.7. The molecule has 0 spiro atoms. The van der Waals surface area contributed by atoms with Crippen molar-refractivity contribution in [2.45, 2.75) is 43.2 Å². The number of phenols is 2. The summed E-state index contributed by atoms with van der Waals surface area (Å²) < 4.78 is 21.4. The molecule has 12 nitrogen and oxygen atoms in total. The number of benzene rings is 2. The number of aliphatic hydroxyl groups is 3. The molecule has 0 saturated carbocycles. The Labute approximate surface area is 192 Å². The highest BCUT2D eigenvalue weighted by atomic mass is 16.7. The molecule has 2 aliphatic heterocycles. The molecule has 2 heterocycles. The molecule has 2 aliphatic rings. The largest absolute Gasteiger partial charge is 0.508 e. The Morgan fingerprint density at radius 1 is 1.03 bits per heavy atom. The summed E-state index contributed by atoms with van der Waals surface area (Å²) in [6.07, 6.45) is -10.4. The minimum atomic E-state index is -1.92. The van der Waals surface area contributed by atoms with E-state index in [1.807, 2.05) is 0 Å². The Morgan fingerprint density at radius 3 is 2.41 bits per heavy atom. The van der Waals surface area contributed by atoms with E-state index in [1.54, 1.807) is 6.07 Å². The summed E-state index contributed by atoms with van der Waals surface area (Å²) in [7, 11) is 1.39. The van der Waals surface area contributed by atoms with Crippen LogP contribution in [-0.4, -0.2) is 80.2 Å². The Bertz CT molecular complexity index is 1120. The van der Waals surface area contributed by atoms with Crippen molar-refractivity contribution in [3.63, 3.8) is 0 Å². The van der Waals surface area contributed by atoms with Gasteiger partial charge in [-0.3, -0.25) is 4.79 Å². The predicted molar refractivity (Wildman–Crippen MR) is 110 cm³/mol. The first-order valence-electron chi connectivity index (χ1n) is 10.1. The summed E-state index contributed by atoms with van der Waals surface area (Å²) >= 11 is 0. The van der Waals surface area contributed by atoms with Crippen molar-refractivity contribution in [3.05, 3.63) is 41.5 Å². The van der Waals surface area contributed by atoms with Gasteiger partial charge in [-0.2, -0.15) is 0 Å². The van der Waals surface area contributed by atoms with E-state index in [9.17, 15) is 40.2 Å². The molecule has 6 N–H and O–H groups in total. The van der Waals surface area contributed by atoms with Gasteiger partial charge in [0.15, 0.2) is 23.4 Å². The summed E-state index contributed by atoms with van der Waals surface area (Å²) in [6, 6.07) is 6.71. The molecule has 6 atom stereocenters. The van der Waals surface area contributed by atoms with Crippen molar-refractivity contribution in [1.82, 2.24) is 0 Å².